The number of halogens is 1. The van der Waals surface area contributed by atoms with E-state index in [0.29, 0.717) is 6.54 Å². The largest absolute Gasteiger partial charge is 0.367 e. The van der Waals surface area contributed by atoms with E-state index in [9.17, 15) is 0 Å². The summed E-state index contributed by atoms with van der Waals surface area (Å²) in [6.07, 6.45) is 1.57. The first-order chi connectivity index (χ1) is 9.34. The topological polar surface area (TPSA) is 37.8 Å². The minimum absolute atomic E-state index is 0.0776. The molecule has 0 radical (unpaired) electrons. The van der Waals surface area contributed by atoms with Gasteiger partial charge in [-0.1, -0.05) is 30.3 Å². The maximum atomic E-state index is 6.38. The van der Waals surface area contributed by atoms with E-state index in [2.05, 4.69) is 15.3 Å². The van der Waals surface area contributed by atoms with Crippen LogP contribution in [0.2, 0.25) is 0 Å². The first-order valence-electron chi connectivity index (χ1n) is 5.95. The van der Waals surface area contributed by atoms with E-state index in [-0.39, 0.29) is 5.38 Å². The summed E-state index contributed by atoms with van der Waals surface area (Å²) in [4.78, 5) is 8.49. The van der Waals surface area contributed by atoms with Crippen LogP contribution >= 0.6 is 22.9 Å². The highest BCUT2D eigenvalue weighted by Crippen LogP contribution is 2.26. The lowest BCUT2D eigenvalue weighted by atomic mass is 10.1. The van der Waals surface area contributed by atoms with E-state index in [4.69, 9.17) is 11.6 Å². The van der Waals surface area contributed by atoms with Gasteiger partial charge in [0.2, 0.25) is 0 Å². The molecule has 1 unspecified atom stereocenters. The Balaban J connectivity index is 1.74. The number of benzene rings is 1. The molecule has 1 atom stereocenters. The number of nitrogens with one attached hydrogen (secondary N) is 1. The third-order valence-corrected chi connectivity index (χ3v) is 4.17. The van der Waals surface area contributed by atoms with Crippen LogP contribution in [0.5, 0.6) is 0 Å². The second-order valence-corrected chi connectivity index (χ2v) is 5.56. The number of fused-ring (bicyclic) bond motifs is 1. The van der Waals surface area contributed by atoms with Crippen molar-refractivity contribution in [1.29, 1.82) is 0 Å². The summed E-state index contributed by atoms with van der Waals surface area (Å²) in [5, 5.41) is 5.24. The molecule has 0 aliphatic carbocycles. The van der Waals surface area contributed by atoms with Crippen LogP contribution in [0, 0.1) is 0 Å². The van der Waals surface area contributed by atoms with Gasteiger partial charge in [0, 0.05) is 6.54 Å². The Kier molecular flexibility index (Phi) is 3.62. The molecule has 96 valence electrons. The van der Waals surface area contributed by atoms with Gasteiger partial charge in [0.25, 0.3) is 0 Å². The summed E-state index contributed by atoms with van der Waals surface area (Å²) in [6.45, 7) is 0.635. The van der Waals surface area contributed by atoms with Crippen molar-refractivity contribution in [1.82, 2.24) is 9.97 Å². The van der Waals surface area contributed by atoms with Crippen molar-refractivity contribution in [3.05, 3.63) is 53.7 Å². The quantitative estimate of drug-likeness (QED) is 0.735. The van der Waals surface area contributed by atoms with Crippen LogP contribution < -0.4 is 5.32 Å². The fraction of sp³-hybridized carbons (Fsp3) is 0.143. The molecule has 1 aromatic carbocycles. The number of rotatable bonds is 4. The molecule has 0 bridgehead atoms. The van der Waals surface area contributed by atoms with Gasteiger partial charge in [-0.25, -0.2) is 9.97 Å². The van der Waals surface area contributed by atoms with Crippen molar-refractivity contribution in [3.63, 3.8) is 0 Å². The van der Waals surface area contributed by atoms with E-state index < -0.39 is 0 Å². The highest BCUT2D eigenvalue weighted by atomic mass is 35.5. The highest BCUT2D eigenvalue weighted by Gasteiger charge is 2.09. The summed E-state index contributed by atoms with van der Waals surface area (Å²) in [5.41, 5.74) is 2.07. The van der Waals surface area contributed by atoms with Crippen LogP contribution in [0.15, 0.2) is 48.1 Å². The molecule has 2 heterocycles. The third-order valence-electron chi connectivity index (χ3n) is 2.85. The fourth-order valence-corrected chi connectivity index (χ4v) is 2.91. The fourth-order valence-electron chi connectivity index (χ4n) is 1.88. The van der Waals surface area contributed by atoms with Gasteiger partial charge in [-0.3, -0.25) is 0 Å². The first-order valence-corrected chi connectivity index (χ1v) is 7.27. The van der Waals surface area contributed by atoms with Crippen LogP contribution in [-0.2, 0) is 0 Å². The van der Waals surface area contributed by atoms with Gasteiger partial charge in [-0.05, 0) is 17.0 Å². The van der Waals surface area contributed by atoms with Gasteiger partial charge in [-0.2, -0.15) is 0 Å². The number of thiophene rings is 1. The molecule has 2 aromatic heterocycles. The van der Waals surface area contributed by atoms with Crippen molar-refractivity contribution in [2.24, 2.45) is 0 Å². The molecule has 3 aromatic rings. The zero-order chi connectivity index (χ0) is 13.1. The molecule has 3 rings (SSSR count). The Morgan fingerprint density at radius 2 is 2.00 bits per heavy atom. The summed E-state index contributed by atoms with van der Waals surface area (Å²) in [7, 11) is 0. The van der Waals surface area contributed by atoms with E-state index in [0.717, 1.165) is 21.6 Å². The lowest BCUT2D eigenvalue weighted by Gasteiger charge is -2.11. The molecule has 0 saturated carbocycles. The van der Waals surface area contributed by atoms with Crippen LogP contribution in [0.3, 0.4) is 0 Å². The maximum absolute atomic E-state index is 6.38. The monoisotopic (exact) mass is 289 g/mol. The normalized spacial score (nSPS) is 12.5. The van der Waals surface area contributed by atoms with Gasteiger partial charge in [0.15, 0.2) is 0 Å². The number of alkyl halides is 1. The highest BCUT2D eigenvalue weighted by molar-refractivity contribution is 7.17. The molecule has 3 nitrogen and oxygen atoms in total. The standard InChI is InChI=1S/C14H12ClN3S/c15-11(10-4-2-1-3-5-10)8-16-14-13-12(6-7-19-13)17-9-18-14/h1-7,9,11H,8H2,(H,16,17,18). The smallest absolute Gasteiger partial charge is 0.147 e. The summed E-state index contributed by atoms with van der Waals surface area (Å²) in [6, 6.07) is 12.0. The van der Waals surface area contributed by atoms with E-state index >= 15 is 0 Å². The van der Waals surface area contributed by atoms with Gasteiger partial charge in [-0.15, -0.1) is 22.9 Å². The summed E-state index contributed by atoms with van der Waals surface area (Å²) in [5.74, 6) is 0.849. The third kappa shape index (κ3) is 2.69. The Morgan fingerprint density at radius 1 is 1.16 bits per heavy atom. The van der Waals surface area contributed by atoms with Gasteiger partial charge in [0.05, 0.1) is 15.6 Å². The summed E-state index contributed by atoms with van der Waals surface area (Å²) < 4.78 is 1.07. The van der Waals surface area contributed by atoms with E-state index in [1.54, 1.807) is 17.7 Å². The number of anilines is 1. The molecular formula is C14H12ClN3S. The minimum Gasteiger partial charge on any atom is -0.367 e. The van der Waals surface area contributed by atoms with Crippen molar-refractivity contribution >= 4 is 39.0 Å². The molecule has 1 N–H and O–H groups in total. The predicted molar refractivity (Wildman–Crippen MR) is 80.9 cm³/mol. The van der Waals surface area contributed by atoms with Crippen LogP contribution in [0.1, 0.15) is 10.9 Å². The van der Waals surface area contributed by atoms with Crippen molar-refractivity contribution in [3.8, 4) is 0 Å². The number of nitrogens with zero attached hydrogens (tertiary/aromatic N) is 2. The van der Waals surface area contributed by atoms with Gasteiger partial charge >= 0.3 is 0 Å². The number of hydrogen-bond donors (Lipinski definition) is 1. The zero-order valence-electron chi connectivity index (χ0n) is 10.1. The second kappa shape index (κ2) is 5.55. The van der Waals surface area contributed by atoms with Crippen molar-refractivity contribution in [2.75, 3.05) is 11.9 Å². The summed E-state index contributed by atoms with van der Waals surface area (Å²) >= 11 is 8.01. The van der Waals surface area contributed by atoms with Crippen LogP contribution in [0.25, 0.3) is 10.2 Å². The van der Waals surface area contributed by atoms with Crippen molar-refractivity contribution in [2.45, 2.75) is 5.38 Å². The van der Waals surface area contributed by atoms with Gasteiger partial charge < -0.3 is 5.32 Å². The average molecular weight is 290 g/mol. The maximum Gasteiger partial charge on any atom is 0.147 e. The van der Waals surface area contributed by atoms with Gasteiger partial charge in [0.1, 0.15) is 12.1 Å². The number of hydrogen-bond acceptors (Lipinski definition) is 4. The lowest BCUT2D eigenvalue weighted by Crippen LogP contribution is -2.09. The molecule has 0 aliphatic rings. The Labute approximate surface area is 120 Å². The van der Waals surface area contributed by atoms with E-state index in [1.807, 2.05) is 41.8 Å². The number of aromatic nitrogens is 2. The molecule has 0 amide bonds. The molecular weight excluding hydrogens is 278 g/mol. The molecule has 19 heavy (non-hydrogen) atoms. The molecule has 5 heteroatoms. The Hall–Kier alpha value is -1.65. The van der Waals surface area contributed by atoms with Crippen LogP contribution in [0.4, 0.5) is 5.82 Å². The molecule has 0 fully saturated rings. The van der Waals surface area contributed by atoms with Crippen LogP contribution in [-0.4, -0.2) is 16.5 Å². The first kappa shape index (κ1) is 12.4. The Morgan fingerprint density at radius 3 is 2.84 bits per heavy atom. The minimum atomic E-state index is -0.0776. The predicted octanol–water partition coefficient (Wildman–Crippen LogP) is 4.08. The molecule has 0 saturated heterocycles. The second-order valence-electron chi connectivity index (χ2n) is 4.12. The SMILES string of the molecule is ClC(CNc1ncnc2ccsc12)c1ccccc1. The molecule has 0 aliphatic heterocycles. The Bertz CT molecular complexity index is 669. The van der Waals surface area contributed by atoms with E-state index in [1.165, 1.54) is 0 Å². The van der Waals surface area contributed by atoms with Crippen molar-refractivity contribution < 1.29 is 0 Å². The average Bonchev–Trinajstić information content (AvgIpc) is 2.94. The lowest BCUT2D eigenvalue weighted by molar-refractivity contribution is 0.968. The molecule has 0 spiro atoms. The zero-order valence-corrected chi connectivity index (χ0v) is 11.7.